The number of hydrogen-bond acceptors (Lipinski definition) is 8. The normalized spacial score (nSPS) is 15.3. The van der Waals surface area contributed by atoms with Gasteiger partial charge in [0.25, 0.3) is 0 Å². The van der Waals surface area contributed by atoms with Gasteiger partial charge in [-0.25, -0.2) is 0 Å². The zero-order chi connectivity index (χ0) is 48.3. The van der Waals surface area contributed by atoms with Crippen LogP contribution in [0.25, 0.3) is 0 Å². The summed E-state index contributed by atoms with van der Waals surface area (Å²) >= 11 is 0. The van der Waals surface area contributed by atoms with Gasteiger partial charge in [-0.05, 0) is 49.4 Å². The highest BCUT2D eigenvalue weighted by Crippen LogP contribution is 2.23. The number of amides is 4. The largest absolute Gasteiger partial charge is 0.481 e. The van der Waals surface area contributed by atoms with Crippen LogP contribution in [0.3, 0.4) is 0 Å². The average molecular weight is 863 g/mol. The zero-order valence-electron chi connectivity index (χ0n) is 39.0. The second-order valence-electron chi connectivity index (χ2n) is 15.7. The van der Waals surface area contributed by atoms with Crippen LogP contribution in [-0.2, 0) is 38.4 Å². The van der Waals surface area contributed by atoms with Crippen molar-refractivity contribution in [2.45, 2.75) is 173 Å². The van der Waals surface area contributed by atoms with Crippen LogP contribution in [-0.4, -0.2) is 67.9 Å². The van der Waals surface area contributed by atoms with E-state index in [-0.39, 0.29) is 47.3 Å². The number of carboxylic acids is 4. The Labute approximate surface area is 360 Å². The van der Waals surface area contributed by atoms with Gasteiger partial charge in [-0.3, -0.25) is 38.4 Å². The summed E-state index contributed by atoms with van der Waals surface area (Å²) in [4.78, 5) is 85.1. The van der Waals surface area contributed by atoms with Crippen molar-refractivity contribution in [2.75, 3.05) is 0 Å². The number of carboxylic acid groups (broad SMARTS) is 4. The maximum absolute atomic E-state index is 10.8. The standard InChI is InChI=1S/4C9H19NO.C8H10O8/c4*1-4-6-8(5-2)7(3)9(10)11;9-5(10)1-3(7(13)14)4(8(15)16)2-6(11)12/h4*7-8H,4-6H2,1-3H3,(H2,10,11);3-4H,1-2H2,(H,9,10)(H,11,12)(H,13,14)(H,15,16). The van der Waals surface area contributed by atoms with Gasteiger partial charge in [0.05, 0.1) is 24.7 Å². The van der Waals surface area contributed by atoms with Gasteiger partial charge in [-0.15, -0.1) is 0 Å². The van der Waals surface area contributed by atoms with Crippen molar-refractivity contribution in [3.8, 4) is 0 Å². The fourth-order valence-corrected chi connectivity index (χ4v) is 6.82. The molecule has 354 valence electrons. The van der Waals surface area contributed by atoms with E-state index in [0.717, 1.165) is 77.0 Å². The van der Waals surface area contributed by atoms with E-state index < -0.39 is 48.6 Å². The third-order valence-electron chi connectivity index (χ3n) is 11.3. The summed E-state index contributed by atoms with van der Waals surface area (Å²) in [6, 6.07) is 0. The van der Waals surface area contributed by atoms with E-state index >= 15 is 0 Å². The Morgan fingerprint density at radius 1 is 0.367 bits per heavy atom. The first-order valence-electron chi connectivity index (χ1n) is 21.8. The summed E-state index contributed by atoms with van der Waals surface area (Å²) in [7, 11) is 0. The molecule has 10 atom stereocenters. The lowest BCUT2D eigenvalue weighted by Crippen LogP contribution is -2.33. The fourth-order valence-electron chi connectivity index (χ4n) is 6.82. The first-order chi connectivity index (χ1) is 27.8. The predicted octanol–water partition coefficient (Wildman–Crippen LogP) is 7.07. The number of rotatable bonds is 27. The van der Waals surface area contributed by atoms with E-state index in [9.17, 15) is 38.4 Å². The van der Waals surface area contributed by atoms with Gasteiger partial charge in [0.15, 0.2) is 0 Å². The number of aliphatic carboxylic acids is 4. The van der Waals surface area contributed by atoms with E-state index in [2.05, 4.69) is 55.4 Å². The SMILES string of the molecule is CCCC(CC)C(C)C(N)=O.CCCC(CC)C(C)C(N)=O.CCCC(CC)C(C)C(N)=O.CCCC(CC)C(C)C(N)=O.O=C(O)CC(C(=O)O)C(CC(=O)O)C(=O)O. The monoisotopic (exact) mass is 863 g/mol. The molecule has 0 aromatic heterocycles. The minimum atomic E-state index is -1.76. The summed E-state index contributed by atoms with van der Waals surface area (Å²) < 4.78 is 0. The Bertz CT molecular complexity index is 1080. The molecule has 12 N–H and O–H groups in total. The zero-order valence-corrected chi connectivity index (χ0v) is 39.0. The molecular weight excluding hydrogens is 777 g/mol. The van der Waals surface area contributed by atoms with Crippen molar-refractivity contribution in [3.05, 3.63) is 0 Å². The van der Waals surface area contributed by atoms with E-state index in [1.54, 1.807) is 0 Å². The molecule has 4 amide bonds. The van der Waals surface area contributed by atoms with E-state index in [1.165, 1.54) is 0 Å². The van der Waals surface area contributed by atoms with Gasteiger partial charge >= 0.3 is 23.9 Å². The van der Waals surface area contributed by atoms with Crippen molar-refractivity contribution in [2.24, 2.45) is 82.1 Å². The molecule has 0 aliphatic carbocycles. The van der Waals surface area contributed by atoms with Gasteiger partial charge in [0.1, 0.15) is 0 Å². The molecule has 0 saturated heterocycles. The lowest BCUT2D eigenvalue weighted by atomic mass is 9.87. The van der Waals surface area contributed by atoms with Crippen molar-refractivity contribution in [1.29, 1.82) is 0 Å². The highest BCUT2D eigenvalue weighted by atomic mass is 16.4. The molecule has 0 fully saturated rings. The molecule has 10 unspecified atom stereocenters. The van der Waals surface area contributed by atoms with Crippen LogP contribution < -0.4 is 22.9 Å². The first kappa shape index (κ1) is 64.9. The second-order valence-corrected chi connectivity index (χ2v) is 15.7. The van der Waals surface area contributed by atoms with Gasteiger partial charge in [-0.2, -0.15) is 0 Å². The lowest BCUT2D eigenvalue weighted by Gasteiger charge is -2.18. The Balaban J connectivity index is -0.000000212. The van der Waals surface area contributed by atoms with Crippen molar-refractivity contribution in [1.82, 2.24) is 0 Å². The van der Waals surface area contributed by atoms with Crippen LogP contribution >= 0.6 is 0 Å². The van der Waals surface area contributed by atoms with Gasteiger partial charge in [-0.1, -0.05) is 134 Å². The highest BCUT2D eigenvalue weighted by Gasteiger charge is 2.37. The molecule has 0 heterocycles. The maximum atomic E-state index is 10.8. The van der Waals surface area contributed by atoms with Gasteiger partial charge in [0.2, 0.25) is 23.6 Å². The second kappa shape index (κ2) is 38.9. The number of nitrogens with two attached hydrogens (primary N) is 4. The minimum absolute atomic E-state index is 0.0416. The predicted molar refractivity (Wildman–Crippen MR) is 235 cm³/mol. The number of carbonyl (C=O) groups excluding carboxylic acids is 4. The summed E-state index contributed by atoms with van der Waals surface area (Å²) in [5.74, 6) is -8.34. The minimum Gasteiger partial charge on any atom is -0.481 e. The third-order valence-corrected chi connectivity index (χ3v) is 11.3. The molecule has 60 heavy (non-hydrogen) atoms. The van der Waals surface area contributed by atoms with Crippen LogP contribution in [0.5, 0.6) is 0 Å². The number of primary amides is 4. The van der Waals surface area contributed by atoms with Crippen molar-refractivity contribution >= 4 is 47.5 Å². The van der Waals surface area contributed by atoms with E-state index in [1.807, 2.05) is 27.7 Å². The molecular formula is C44H86N4O12. The Morgan fingerprint density at radius 3 is 0.617 bits per heavy atom. The summed E-state index contributed by atoms with van der Waals surface area (Å²) in [6.45, 7) is 24.7. The Hall–Kier alpha value is -4.24. The van der Waals surface area contributed by atoms with Crippen LogP contribution in [0.15, 0.2) is 0 Å². The lowest BCUT2D eigenvalue weighted by molar-refractivity contribution is -0.160. The van der Waals surface area contributed by atoms with Crippen LogP contribution in [0.1, 0.15) is 173 Å². The van der Waals surface area contributed by atoms with Crippen molar-refractivity contribution < 1.29 is 58.8 Å². The van der Waals surface area contributed by atoms with E-state index in [4.69, 9.17) is 43.4 Å². The number of carbonyl (C=O) groups is 8. The molecule has 0 aromatic carbocycles. The Morgan fingerprint density at radius 2 is 0.533 bits per heavy atom. The molecule has 0 saturated carbocycles. The quantitative estimate of drug-likeness (QED) is 0.0411. The van der Waals surface area contributed by atoms with E-state index in [0.29, 0.717) is 23.7 Å². The maximum Gasteiger partial charge on any atom is 0.307 e. The van der Waals surface area contributed by atoms with Crippen LogP contribution in [0, 0.1) is 59.2 Å². The molecule has 0 aliphatic rings. The highest BCUT2D eigenvalue weighted by molar-refractivity contribution is 5.86. The summed E-state index contributed by atoms with van der Waals surface area (Å²) in [5.41, 5.74) is 20.8. The fraction of sp³-hybridized carbons (Fsp3) is 0.818. The molecule has 0 bridgehead atoms. The first-order valence-corrected chi connectivity index (χ1v) is 21.8. The van der Waals surface area contributed by atoms with Crippen LogP contribution in [0.4, 0.5) is 0 Å². The number of hydrogen-bond donors (Lipinski definition) is 8. The van der Waals surface area contributed by atoms with Crippen LogP contribution in [0.2, 0.25) is 0 Å². The van der Waals surface area contributed by atoms with Gasteiger partial charge < -0.3 is 43.4 Å². The molecule has 0 spiro atoms. The smallest absolute Gasteiger partial charge is 0.307 e. The molecule has 0 aromatic rings. The Kier molecular flexibility index (Phi) is 42.1. The topological polar surface area (TPSA) is 322 Å². The average Bonchev–Trinajstić information content (AvgIpc) is 3.17. The molecule has 0 rings (SSSR count). The molecule has 0 radical (unpaired) electrons. The summed E-state index contributed by atoms with van der Waals surface area (Å²) in [5, 5.41) is 34.1. The molecule has 16 nitrogen and oxygen atoms in total. The summed E-state index contributed by atoms with van der Waals surface area (Å²) in [6.07, 6.45) is 11.3. The van der Waals surface area contributed by atoms with Gasteiger partial charge in [0, 0.05) is 23.7 Å². The molecule has 0 aliphatic heterocycles. The third kappa shape index (κ3) is 32.6. The molecule has 16 heteroatoms. The van der Waals surface area contributed by atoms with Crippen molar-refractivity contribution in [3.63, 3.8) is 0 Å².